The maximum Gasteiger partial charge on any atom is 0.256 e. The fourth-order valence-electron chi connectivity index (χ4n) is 1.62. The molecule has 0 saturated carbocycles. The first-order chi connectivity index (χ1) is 7.79. The Balaban J connectivity index is 2.32. The minimum atomic E-state index is -0.753. The zero-order valence-corrected chi connectivity index (χ0v) is 9.80. The number of hydrazine groups is 1. The summed E-state index contributed by atoms with van der Waals surface area (Å²) >= 11 is 1.43. The summed E-state index contributed by atoms with van der Waals surface area (Å²) < 4.78 is 0. The van der Waals surface area contributed by atoms with Gasteiger partial charge in [0.25, 0.3) is 5.91 Å². The molecule has 85 valence electrons. The highest BCUT2D eigenvalue weighted by atomic mass is 32.2. The van der Waals surface area contributed by atoms with Crippen molar-refractivity contribution in [1.29, 1.82) is 0 Å². The lowest BCUT2D eigenvalue weighted by atomic mass is 10.1. The number of likely N-dealkylation sites (N-methyl/N-ethyl adjacent to an activating group) is 1. The Hall–Kier alpha value is -1.04. The van der Waals surface area contributed by atoms with Gasteiger partial charge in [0.05, 0.1) is 5.88 Å². The van der Waals surface area contributed by atoms with Crippen LogP contribution in [0.4, 0.5) is 0 Å². The Bertz CT molecular complexity index is 363. The smallest absolute Gasteiger partial charge is 0.256 e. The van der Waals surface area contributed by atoms with Crippen LogP contribution in [-0.2, 0) is 9.67 Å². The van der Waals surface area contributed by atoms with Crippen LogP contribution in [0.1, 0.15) is 12.5 Å². The Labute approximate surface area is 99.2 Å². The summed E-state index contributed by atoms with van der Waals surface area (Å²) in [4.78, 5) is 11.4. The third-order valence-electron chi connectivity index (χ3n) is 2.38. The molecule has 1 aliphatic rings. The van der Waals surface area contributed by atoms with E-state index >= 15 is 0 Å². The van der Waals surface area contributed by atoms with Gasteiger partial charge >= 0.3 is 0 Å². The summed E-state index contributed by atoms with van der Waals surface area (Å²) in [6.07, 6.45) is 0. The fraction of sp³-hybridized carbons (Fsp3) is 0.273. The molecule has 3 N–H and O–H groups in total. The summed E-state index contributed by atoms with van der Waals surface area (Å²) in [6, 6.07) is 9.67. The topological polar surface area (TPSA) is 53.2 Å². The molecule has 16 heavy (non-hydrogen) atoms. The molecule has 1 heterocycles. The molecule has 0 bridgehead atoms. The van der Waals surface area contributed by atoms with E-state index in [2.05, 4.69) is 16.2 Å². The van der Waals surface area contributed by atoms with E-state index in [0.29, 0.717) is 6.54 Å². The molecule has 0 spiro atoms. The van der Waals surface area contributed by atoms with E-state index in [-0.39, 0.29) is 5.91 Å². The Morgan fingerprint density at radius 3 is 2.75 bits per heavy atom. The van der Waals surface area contributed by atoms with Crippen molar-refractivity contribution in [2.24, 2.45) is 0 Å². The van der Waals surface area contributed by atoms with Gasteiger partial charge in [-0.15, -0.1) is 11.8 Å². The van der Waals surface area contributed by atoms with E-state index in [1.54, 1.807) is 5.88 Å². The standard InChI is InChI=1S/C11H14N3OS/c1-2-12-10(15)11(14-13-8-16-11)9-6-4-3-5-7-9/h3-8,13-14H,2H2,1H3,(H,12,15). The van der Waals surface area contributed by atoms with Gasteiger partial charge in [-0.1, -0.05) is 30.3 Å². The van der Waals surface area contributed by atoms with Crippen LogP contribution >= 0.6 is 11.8 Å². The van der Waals surface area contributed by atoms with Crippen molar-refractivity contribution in [1.82, 2.24) is 16.2 Å². The third kappa shape index (κ3) is 1.93. The van der Waals surface area contributed by atoms with Gasteiger partial charge in [0, 0.05) is 6.54 Å². The van der Waals surface area contributed by atoms with Crippen molar-refractivity contribution < 1.29 is 4.79 Å². The van der Waals surface area contributed by atoms with Crippen LogP contribution < -0.4 is 16.2 Å². The Kier molecular flexibility index (Phi) is 3.48. The van der Waals surface area contributed by atoms with Crippen LogP contribution in [0.3, 0.4) is 0 Å². The summed E-state index contributed by atoms with van der Waals surface area (Å²) in [7, 11) is 0. The number of amides is 1. The lowest BCUT2D eigenvalue weighted by molar-refractivity contribution is -0.124. The first kappa shape index (κ1) is 11.4. The number of hydrogen-bond donors (Lipinski definition) is 3. The van der Waals surface area contributed by atoms with Gasteiger partial charge in [-0.05, 0) is 12.5 Å². The summed E-state index contributed by atoms with van der Waals surface area (Å²) in [5.74, 6) is 1.75. The molecule has 1 amide bonds. The number of thioether (sulfide) groups is 1. The highest BCUT2D eigenvalue weighted by Gasteiger charge is 2.43. The summed E-state index contributed by atoms with van der Waals surface area (Å²) in [5, 5.41) is 2.84. The number of carbonyl (C=O) groups is 1. The fourth-order valence-corrected chi connectivity index (χ4v) is 2.48. The normalized spacial score (nSPS) is 24.3. The molecule has 1 unspecified atom stereocenters. The highest BCUT2D eigenvalue weighted by Crippen LogP contribution is 2.37. The molecule has 1 fully saturated rings. The minimum absolute atomic E-state index is 0.0348. The van der Waals surface area contributed by atoms with Crippen molar-refractivity contribution in [3.8, 4) is 0 Å². The maximum absolute atomic E-state index is 12.1. The van der Waals surface area contributed by atoms with Crippen LogP contribution in [0.5, 0.6) is 0 Å². The van der Waals surface area contributed by atoms with E-state index in [4.69, 9.17) is 0 Å². The van der Waals surface area contributed by atoms with Crippen LogP contribution in [0, 0.1) is 5.88 Å². The van der Waals surface area contributed by atoms with Gasteiger partial charge in [-0.25, -0.2) is 10.9 Å². The number of carbonyl (C=O) groups excluding carboxylic acids is 1. The van der Waals surface area contributed by atoms with Gasteiger partial charge < -0.3 is 5.32 Å². The molecular formula is C11H14N3OS. The van der Waals surface area contributed by atoms with E-state index in [9.17, 15) is 4.79 Å². The second-order valence-electron chi connectivity index (χ2n) is 3.41. The Morgan fingerprint density at radius 2 is 2.19 bits per heavy atom. The summed E-state index contributed by atoms with van der Waals surface area (Å²) in [6.45, 7) is 2.53. The van der Waals surface area contributed by atoms with E-state index in [0.717, 1.165) is 5.56 Å². The molecule has 1 aromatic rings. The van der Waals surface area contributed by atoms with E-state index < -0.39 is 4.87 Å². The molecule has 1 aromatic carbocycles. The number of rotatable bonds is 3. The first-order valence-corrected chi connectivity index (χ1v) is 6.03. The summed E-state index contributed by atoms with van der Waals surface area (Å²) in [5.41, 5.74) is 6.83. The Morgan fingerprint density at radius 1 is 1.44 bits per heavy atom. The molecule has 1 aliphatic heterocycles. The molecular weight excluding hydrogens is 222 g/mol. The van der Waals surface area contributed by atoms with Crippen LogP contribution in [-0.4, -0.2) is 12.5 Å². The molecule has 4 nitrogen and oxygen atoms in total. The van der Waals surface area contributed by atoms with Gasteiger partial charge in [0.15, 0.2) is 4.87 Å². The third-order valence-corrected chi connectivity index (χ3v) is 3.49. The van der Waals surface area contributed by atoms with Gasteiger partial charge in [0.2, 0.25) is 0 Å². The van der Waals surface area contributed by atoms with E-state index in [1.807, 2.05) is 37.3 Å². The minimum Gasteiger partial charge on any atom is -0.354 e. The molecule has 1 saturated heterocycles. The molecule has 0 aromatic heterocycles. The zero-order valence-electron chi connectivity index (χ0n) is 8.99. The van der Waals surface area contributed by atoms with Crippen molar-refractivity contribution in [2.45, 2.75) is 11.8 Å². The quantitative estimate of drug-likeness (QED) is 0.731. The van der Waals surface area contributed by atoms with Crippen molar-refractivity contribution in [2.75, 3.05) is 6.54 Å². The monoisotopic (exact) mass is 236 g/mol. The van der Waals surface area contributed by atoms with Gasteiger partial charge in [-0.2, -0.15) is 0 Å². The van der Waals surface area contributed by atoms with Crippen molar-refractivity contribution in [3.05, 3.63) is 41.8 Å². The first-order valence-electron chi connectivity index (χ1n) is 5.15. The largest absolute Gasteiger partial charge is 0.354 e. The van der Waals surface area contributed by atoms with Gasteiger partial charge in [-0.3, -0.25) is 4.79 Å². The second-order valence-corrected chi connectivity index (χ2v) is 4.50. The average Bonchev–Trinajstić information content (AvgIpc) is 2.81. The predicted octanol–water partition coefficient (Wildman–Crippen LogP) is 0.936. The number of nitrogens with one attached hydrogen (secondary N) is 3. The van der Waals surface area contributed by atoms with Crippen molar-refractivity contribution in [3.63, 3.8) is 0 Å². The lowest BCUT2D eigenvalue weighted by Crippen LogP contribution is -2.51. The molecule has 1 atom stereocenters. The molecule has 5 heteroatoms. The predicted molar refractivity (Wildman–Crippen MR) is 65.0 cm³/mol. The maximum atomic E-state index is 12.1. The highest BCUT2D eigenvalue weighted by molar-refractivity contribution is 8.03. The van der Waals surface area contributed by atoms with Crippen LogP contribution in [0.2, 0.25) is 0 Å². The zero-order chi connectivity index (χ0) is 11.4. The SMILES string of the molecule is CCNC(=O)C1(c2ccccc2)NN[CH]S1. The lowest BCUT2D eigenvalue weighted by Gasteiger charge is -2.26. The van der Waals surface area contributed by atoms with Crippen molar-refractivity contribution >= 4 is 17.7 Å². The van der Waals surface area contributed by atoms with Gasteiger partial charge in [0.1, 0.15) is 0 Å². The second kappa shape index (κ2) is 4.86. The number of hydrogen-bond acceptors (Lipinski definition) is 4. The number of benzene rings is 1. The molecule has 0 aliphatic carbocycles. The van der Waals surface area contributed by atoms with E-state index in [1.165, 1.54) is 11.8 Å². The molecule has 1 radical (unpaired) electrons. The van der Waals surface area contributed by atoms with Crippen LogP contribution in [0.25, 0.3) is 0 Å². The van der Waals surface area contributed by atoms with Crippen LogP contribution in [0.15, 0.2) is 30.3 Å². The average molecular weight is 236 g/mol. The molecule has 2 rings (SSSR count).